The summed E-state index contributed by atoms with van der Waals surface area (Å²) in [5, 5.41) is 0. The molecule has 0 saturated carbocycles. The third-order valence-electron chi connectivity index (χ3n) is 8.42. The first-order valence-electron chi connectivity index (χ1n) is 18.1. The molecule has 0 aromatic heterocycles. The second-order valence-corrected chi connectivity index (χ2v) is 19.9. The van der Waals surface area contributed by atoms with Crippen molar-refractivity contribution in [3.8, 4) is 0 Å². The zero-order chi connectivity index (χ0) is 41.0. The molecule has 11 heteroatoms. The highest BCUT2D eigenvalue weighted by atomic mass is 32.2. The van der Waals surface area contributed by atoms with E-state index >= 15 is 0 Å². The van der Waals surface area contributed by atoms with Crippen LogP contribution in [0.1, 0.15) is 71.6 Å². The maximum Gasteiger partial charge on any atom is 0.166 e. The minimum Gasteiger partial charge on any atom is -0.748 e. The third-order valence-corrected chi connectivity index (χ3v) is 14.5. The second-order valence-electron chi connectivity index (χ2n) is 12.9. The van der Waals surface area contributed by atoms with Crippen LogP contribution in [-0.4, -0.2) is 36.1 Å². The van der Waals surface area contributed by atoms with Crippen LogP contribution >= 0.6 is 35.3 Å². The minimum atomic E-state index is -3.94. The molecule has 0 spiro atoms. The summed E-state index contributed by atoms with van der Waals surface area (Å²) in [4.78, 5) is 45.4. The van der Waals surface area contributed by atoms with Crippen LogP contribution in [0.5, 0.6) is 0 Å². The van der Waals surface area contributed by atoms with Gasteiger partial charge in [0.25, 0.3) is 0 Å². The van der Waals surface area contributed by atoms with Crippen molar-refractivity contribution in [3.63, 3.8) is 0 Å². The summed E-state index contributed by atoms with van der Waals surface area (Å²) in [5.41, 5.74) is 2.15. The van der Waals surface area contributed by atoms with Crippen LogP contribution in [-0.2, 0) is 21.0 Å². The van der Waals surface area contributed by atoms with E-state index in [-0.39, 0.29) is 34.0 Å². The van der Waals surface area contributed by atoms with Crippen LogP contribution in [0.15, 0.2) is 190 Å². The molecular formula is C46H42O6S5. The molecule has 6 rings (SSSR count). The number of hydrogen-bond donors (Lipinski definition) is 0. The molecule has 0 aliphatic heterocycles. The number of carbonyl (C=O) groups is 3. The highest BCUT2D eigenvalue weighted by molar-refractivity contribution is 8.00. The Hall–Kier alpha value is -4.36. The summed E-state index contributed by atoms with van der Waals surface area (Å²) in [6, 6.07) is 49.5. The molecule has 0 amide bonds. The number of carbonyl (C=O) groups excluding carboxylic acids is 3. The van der Waals surface area contributed by atoms with E-state index in [0.29, 0.717) is 23.1 Å². The van der Waals surface area contributed by atoms with Gasteiger partial charge in [0.05, 0.1) is 21.0 Å². The van der Waals surface area contributed by atoms with Gasteiger partial charge in [0.2, 0.25) is 0 Å². The lowest BCUT2D eigenvalue weighted by molar-refractivity contribution is 0.100. The monoisotopic (exact) mass is 850 g/mol. The molecule has 0 aliphatic carbocycles. The van der Waals surface area contributed by atoms with Gasteiger partial charge in [0.15, 0.2) is 32.0 Å². The van der Waals surface area contributed by atoms with Crippen LogP contribution in [0, 0.1) is 0 Å². The SMILES string of the molecule is CC(=O)c1ccc(Sc2ccc([S+](c3ccc(Sc4ccc(C(C)=O)cc4)cc3)c3ccc(Sc4ccc(C(C)=O)cc4)cc3)cc2)cc1.CCCCS(=O)(=O)[O-]. The molecule has 0 fully saturated rings. The zero-order valence-electron chi connectivity index (χ0n) is 32.0. The van der Waals surface area contributed by atoms with E-state index < -0.39 is 10.1 Å². The predicted molar refractivity (Wildman–Crippen MR) is 233 cm³/mol. The average molecular weight is 851 g/mol. The summed E-state index contributed by atoms with van der Waals surface area (Å²) in [5.74, 6) is -0.0164. The summed E-state index contributed by atoms with van der Waals surface area (Å²) < 4.78 is 29.5. The van der Waals surface area contributed by atoms with Crippen molar-refractivity contribution in [1.29, 1.82) is 0 Å². The van der Waals surface area contributed by atoms with Crippen molar-refractivity contribution < 1.29 is 27.4 Å². The lowest BCUT2D eigenvalue weighted by Gasteiger charge is -2.11. The molecule has 6 aromatic rings. The molecule has 0 N–H and O–H groups in total. The number of benzene rings is 6. The molecule has 57 heavy (non-hydrogen) atoms. The van der Waals surface area contributed by atoms with Crippen molar-refractivity contribution in [3.05, 3.63) is 162 Å². The van der Waals surface area contributed by atoms with E-state index in [9.17, 15) is 27.4 Å². The van der Waals surface area contributed by atoms with Gasteiger partial charge in [-0.2, -0.15) is 0 Å². The topological polar surface area (TPSA) is 108 Å². The molecule has 0 atom stereocenters. The Bertz CT molecular complexity index is 2130. The Balaban J connectivity index is 0.000000701. The van der Waals surface area contributed by atoms with E-state index in [0.717, 1.165) is 35.8 Å². The van der Waals surface area contributed by atoms with Gasteiger partial charge in [0.1, 0.15) is 0 Å². The highest BCUT2D eigenvalue weighted by Crippen LogP contribution is 2.37. The molecule has 0 heterocycles. The lowest BCUT2D eigenvalue weighted by Crippen LogP contribution is -2.04. The largest absolute Gasteiger partial charge is 0.748 e. The van der Waals surface area contributed by atoms with Crippen LogP contribution in [0.3, 0.4) is 0 Å². The Morgan fingerprint density at radius 3 is 0.860 bits per heavy atom. The molecule has 6 nitrogen and oxygen atoms in total. The third kappa shape index (κ3) is 13.6. The second kappa shape index (κ2) is 20.9. The smallest absolute Gasteiger partial charge is 0.166 e. The fourth-order valence-electron chi connectivity index (χ4n) is 5.34. The van der Waals surface area contributed by atoms with Crippen molar-refractivity contribution in [2.75, 3.05) is 5.75 Å². The van der Waals surface area contributed by atoms with Gasteiger partial charge in [-0.05, 0) is 136 Å². The molecule has 292 valence electrons. The number of Topliss-reactive ketones (excluding diaryl/α,β-unsaturated/α-hetero) is 3. The van der Waals surface area contributed by atoms with Crippen molar-refractivity contribution in [2.24, 2.45) is 0 Å². The van der Waals surface area contributed by atoms with Crippen molar-refractivity contribution >= 4 is 73.6 Å². The van der Waals surface area contributed by atoms with Gasteiger partial charge in [-0.1, -0.05) is 85.0 Å². The number of rotatable bonds is 15. The van der Waals surface area contributed by atoms with E-state index in [1.165, 1.54) is 14.7 Å². The van der Waals surface area contributed by atoms with Gasteiger partial charge in [0, 0.05) is 51.8 Å². The predicted octanol–water partition coefficient (Wildman–Crippen LogP) is 12.2. The quantitative estimate of drug-likeness (QED) is 0.0567. The fourth-order valence-corrected chi connectivity index (χ4v) is 10.5. The molecule has 0 aliphatic rings. The average Bonchev–Trinajstić information content (AvgIpc) is 3.20. The van der Waals surface area contributed by atoms with E-state index in [2.05, 4.69) is 72.8 Å². The van der Waals surface area contributed by atoms with Crippen LogP contribution in [0.2, 0.25) is 0 Å². The van der Waals surface area contributed by atoms with E-state index in [1.807, 2.05) is 79.7 Å². The highest BCUT2D eigenvalue weighted by Gasteiger charge is 2.29. The fraction of sp³-hybridized carbons (Fsp3) is 0.152. The molecule has 6 aromatic carbocycles. The first-order chi connectivity index (χ1) is 27.3. The minimum absolute atomic E-state index is 0.0674. The van der Waals surface area contributed by atoms with Crippen molar-refractivity contribution in [1.82, 2.24) is 0 Å². The van der Waals surface area contributed by atoms with Crippen LogP contribution in [0.25, 0.3) is 0 Å². The maximum atomic E-state index is 11.7. The van der Waals surface area contributed by atoms with Gasteiger partial charge < -0.3 is 4.55 Å². The van der Waals surface area contributed by atoms with Crippen LogP contribution < -0.4 is 0 Å². The van der Waals surface area contributed by atoms with Gasteiger partial charge in [-0.15, -0.1) is 0 Å². The summed E-state index contributed by atoms with van der Waals surface area (Å²) in [7, 11) is -4.28. The Kier molecular flexibility index (Phi) is 16.0. The summed E-state index contributed by atoms with van der Waals surface area (Å²) in [6.45, 7) is 6.59. The Morgan fingerprint density at radius 2 is 0.684 bits per heavy atom. The lowest BCUT2D eigenvalue weighted by atomic mass is 10.2. The summed E-state index contributed by atoms with van der Waals surface area (Å²) in [6.07, 6.45) is 1.23. The van der Waals surface area contributed by atoms with E-state index in [1.54, 1.807) is 56.1 Å². The standard InChI is InChI=1S/C42H33O3S4.C4H10O3S/c1-28(43)31-4-10-34(11-5-31)46-37-16-22-40(23-17-37)49(41-24-18-38(19-25-41)47-35-12-6-32(7-13-35)29(2)44)42-26-20-39(21-27-42)48-36-14-8-33(9-15-36)30(3)45;1-2-3-4-8(5,6)7/h4-27H,1-3H3;2-4H2,1H3,(H,5,6,7)/q+1;/p-1. The van der Waals surface area contributed by atoms with Gasteiger partial charge in [-0.25, -0.2) is 8.42 Å². The maximum absolute atomic E-state index is 11.7. The molecule has 0 unspecified atom stereocenters. The zero-order valence-corrected chi connectivity index (χ0v) is 36.1. The molecular weight excluding hydrogens is 809 g/mol. The Morgan fingerprint density at radius 1 is 0.456 bits per heavy atom. The van der Waals surface area contributed by atoms with Crippen LogP contribution in [0.4, 0.5) is 0 Å². The Labute approximate surface area is 351 Å². The number of ketones is 3. The summed E-state index contributed by atoms with van der Waals surface area (Å²) >= 11 is 5.04. The number of hydrogen-bond acceptors (Lipinski definition) is 9. The molecule has 0 radical (unpaired) electrons. The first kappa shape index (κ1) is 43.8. The molecule has 0 bridgehead atoms. The van der Waals surface area contributed by atoms with E-state index in [4.69, 9.17) is 0 Å². The van der Waals surface area contributed by atoms with Crippen molar-refractivity contribution in [2.45, 2.75) is 84.6 Å². The molecule has 0 saturated heterocycles. The number of unbranched alkanes of at least 4 members (excludes halogenated alkanes) is 1. The normalized spacial score (nSPS) is 11.1. The van der Waals surface area contributed by atoms with Gasteiger partial charge in [-0.3, -0.25) is 14.4 Å². The first-order valence-corrected chi connectivity index (χ1v) is 23.4. The van der Waals surface area contributed by atoms with Gasteiger partial charge >= 0.3 is 0 Å².